The fourth-order valence-electron chi connectivity index (χ4n) is 1.92. The molecule has 4 heteroatoms. The highest BCUT2D eigenvalue weighted by Crippen LogP contribution is 2.09. The van der Waals surface area contributed by atoms with E-state index in [1.807, 2.05) is 0 Å². The molecule has 4 nitrogen and oxygen atoms in total. The van der Waals surface area contributed by atoms with Crippen molar-refractivity contribution in [3.8, 4) is 6.07 Å². The maximum atomic E-state index is 11.9. The van der Waals surface area contributed by atoms with Crippen molar-refractivity contribution in [2.75, 3.05) is 25.0 Å². The van der Waals surface area contributed by atoms with Gasteiger partial charge in [-0.05, 0) is 43.8 Å². The molecule has 20 heavy (non-hydrogen) atoms. The highest BCUT2D eigenvalue weighted by atomic mass is 16.1. The fraction of sp³-hybridized carbons (Fsp3) is 0.500. The summed E-state index contributed by atoms with van der Waals surface area (Å²) in [6.07, 6.45) is 2.84. The predicted octanol–water partition coefficient (Wildman–Crippen LogP) is 3.01. The van der Waals surface area contributed by atoms with Crippen molar-refractivity contribution in [1.82, 2.24) is 4.90 Å². The van der Waals surface area contributed by atoms with Gasteiger partial charge in [-0.25, -0.2) is 0 Å². The molecule has 1 aromatic rings. The van der Waals surface area contributed by atoms with Crippen LogP contribution in [0.4, 0.5) is 5.69 Å². The summed E-state index contributed by atoms with van der Waals surface area (Å²) < 4.78 is 0. The molecule has 0 unspecified atom stereocenters. The minimum absolute atomic E-state index is 0.0182. The molecule has 0 spiro atoms. The number of nitriles is 1. The average Bonchev–Trinajstić information content (AvgIpc) is 2.48. The zero-order chi connectivity index (χ0) is 14.8. The van der Waals surface area contributed by atoms with Crippen molar-refractivity contribution in [1.29, 1.82) is 5.26 Å². The molecular weight excluding hydrogens is 250 g/mol. The van der Waals surface area contributed by atoms with E-state index < -0.39 is 0 Å². The number of carbonyl (C=O) groups is 1. The molecule has 0 saturated heterocycles. The molecule has 1 amide bonds. The highest BCUT2D eigenvalue weighted by Gasteiger charge is 2.06. The number of rotatable bonds is 8. The van der Waals surface area contributed by atoms with Crippen LogP contribution in [0.25, 0.3) is 0 Å². The Balaban J connectivity index is 2.37. The van der Waals surface area contributed by atoms with Crippen LogP contribution in [0.2, 0.25) is 0 Å². The molecule has 0 fully saturated rings. The smallest absolute Gasteiger partial charge is 0.225 e. The third-order valence-electron chi connectivity index (χ3n) is 3.23. The number of anilines is 1. The Hall–Kier alpha value is -1.86. The number of amides is 1. The second kappa shape index (κ2) is 9.11. The first-order chi connectivity index (χ1) is 9.69. The van der Waals surface area contributed by atoms with E-state index in [-0.39, 0.29) is 5.91 Å². The standard InChI is InChI=1S/C16H23N3O/c1-3-5-11-19(4-2)12-10-16(20)18-15-8-6-14(13-17)7-9-15/h6-9H,3-5,10-12H2,1-2H3,(H,18,20). The Kier molecular flexibility index (Phi) is 7.38. The van der Waals surface area contributed by atoms with Gasteiger partial charge in [-0.15, -0.1) is 0 Å². The van der Waals surface area contributed by atoms with E-state index in [1.54, 1.807) is 24.3 Å². The maximum absolute atomic E-state index is 11.9. The zero-order valence-electron chi connectivity index (χ0n) is 12.4. The van der Waals surface area contributed by atoms with E-state index in [0.717, 1.165) is 25.3 Å². The van der Waals surface area contributed by atoms with Crippen LogP contribution in [0, 0.1) is 11.3 Å². The SMILES string of the molecule is CCCCN(CC)CCC(=O)Nc1ccc(C#N)cc1. The van der Waals surface area contributed by atoms with Gasteiger partial charge >= 0.3 is 0 Å². The van der Waals surface area contributed by atoms with Crippen LogP contribution in [0.3, 0.4) is 0 Å². The molecule has 0 bridgehead atoms. The number of hydrogen-bond donors (Lipinski definition) is 1. The van der Waals surface area contributed by atoms with E-state index in [2.05, 4.69) is 30.1 Å². The van der Waals surface area contributed by atoms with Crippen molar-refractivity contribution in [3.05, 3.63) is 29.8 Å². The first kappa shape index (κ1) is 16.2. The van der Waals surface area contributed by atoms with E-state index >= 15 is 0 Å². The van der Waals surface area contributed by atoms with Crippen molar-refractivity contribution >= 4 is 11.6 Å². The van der Waals surface area contributed by atoms with Crippen LogP contribution in [0.15, 0.2) is 24.3 Å². The number of unbranched alkanes of at least 4 members (excludes halogenated alkanes) is 1. The predicted molar refractivity (Wildman–Crippen MR) is 81.4 cm³/mol. The number of nitrogens with zero attached hydrogens (tertiary/aromatic N) is 2. The molecule has 0 saturated carbocycles. The molecule has 0 aliphatic heterocycles. The molecular formula is C16H23N3O. The zero-order valence-corrected chi connectivity index (χ0v) is 12.4. The van der Waals surface area contributed by atoms with Gasteiger partial charge in [0.15, 0.2) is 0 Å². The first-order valence-corrected chi connectivity index (χ1v) is 7.22. The van der Waals surface area contributed by atoms with Gasteiger partial charge in [-0.1, -0.05) is 20.3 Å². The maximum Gasteiger partial charge on any atom is 0.225 e. The fourth-order valence-corrected chi connectivity index (χ4v) is 1.92. The van der Waals surface area contributed by atoms with Crippen molar-refractivity contribution < 1.29 is 4.79 Å². The number of nitrogens with one attached hydrogen (secondary N) is 1. The van der Waals surface area contributed by atoms with Gasteiger partial charge in [0.05, 0.1) is 11.6 Å². The van der Waals surface area contributed by atoms with Gasteiger partial charge in [-0.2, -0.15) is 5.26 Å². The van der Waals surface area contributed by atoms with E-state index in [4.69, 9.17) is 5.26 Å². The molecule has 0 radical (unpaired) electrons. The summed E-state index contributed by atoms with van der Waals surface area (Å²) in [6.45, 7) is 7.11. The Morgan fingerprint density at radius 1 is 1.25 bits per heavy atom. The van der Waals surface area contributed by atoms with Crippen LogP contribution in [-0.4, -0.2) is 30.4 Å². The molecule has 0 atom stereocenters. The molecule has 1 N–H and O–H groups in total. The normalized spacial score (nSPS) is 10.3. The van der Waals surface area contributed by atoms with Crippen LogP contribution in [0.5, 0.6) is 0 Å². The summed E-state index contributed by atoms with van der Waals surface area (Å²) in [4.78, 5) is 14.2. The van der Waals surface area contributed by atoms with Crippen LogP contribution in [0.1, 0.15) is 38.7 Å². The lowest BCUT2D eigenvalue weighted by molar-refractivity contribution is -0.116. The van der Waals surface area contributed by atoms with Gasteiger partial charge in [0, 0.05) is 18.7 Å². The van der Waals surface area contributed by atoms with Gasteiger partial charge in [0.25, 0.3) is 0 Å². The second-order valence-corrected chi connectivity index (χ2v) is 4.78. The molecule has 0 aliphatic carbocycles. The molecule has 1 aromatic carbocycles. The summed E-state index contributed by atoms with van der Waals surface area (Å²) in [5.41, 5.74) is 1.34. The Morgan fingerprint density at radius 3 is 2.50 bits per heavy atom. The molecule has 108 valence electrons. The lowest BCUT2D eigenvalue weighted by Crippen LogP contribution is -2.28. The lowest BCUT2D eigenvalue weighted by Gasteiger charge is -2.19. The summed E-state index contributed by atoms with van der Waals surface area (Å²) in [7, 11) is 0. The second-order valence-electron chi connectivity index (χ2n) is 4.78. The molecule has 0 aliphatic rings. The number of carbonyl (C=O) groups excluding carboxylic acids is 1. The number of hydrogen-bond acceptors (Lipinski definition) is 3. The Morgan fingerprint density at radius 2 is 1.95 bits per heavy atom. The minimum atomic E-state index is 0.0182. The summed E-state index contributed by atoms with van der Waals surface area (Å²) >= 11 is 0. The third kappa shape index (κ3) is 5.85. The molecule has 0 heterocycles. The topological polar surface area (TPSA) is 56.1 Å². The summed E-state index contributed by atoms with van der Waals surface area (Å²) in [5.74, 6) is 0.0182. The first-order valence-electron chi connectivity index (χ1n) is 7.22. The van der Waals surface area contributed by atoms with E-state index in [0.29, 0.717) is 12.0 Å². The van der Waals surface area contributed by atoms with Crippen LogP contribution >= 0.6 is 0 Å². The van der Waals surface area contributed by atoms with Crippen molar-refractivity contribution in [2.24, 2.45) is 0 Å². The third-order valence-corrected chi connectivity index (χ3v) is 3.23. The lowest BCUT2D eigenvalue weighted by atomic mass is 10.2. The summed E-state index contributed by atoms with van der Waals surface area (Å²) in [6, 6.07) is 8.97. The average molecular weight is 273 g/mol. The molecule has 0 aromatic heterocycles. The monoisotopic (exact) mass is 273 g/mol. The quantitative estimate of drug-likeness (QED) is 0.792. The highest BCUT2D eigenvalue weighted by molar-refractivity contribution is 5.90. The minimum Gasteiger partial charge on any atom is -0.326 e. The van der Waals surface area contributed by atoms with Gasteiger partial charge in [-0.3, -0.25) is 4.79 Å². The van der Waals surface area contributed by atoms with Crippen LogP contribution in [-0.2, 0) is 4.79 Å². The van der Waals surface area contributed by atoms with Gasteiger partial charge in [0.2, 0.25) is 5.91 Å². The summed E-state index contributed by atoms with van der Waals surface area (Å²) in [5, 5.41) is 11.6. The number of benzene rings is 1. The van der Waals surface area contributed by atoms with E-state index in [1.165, 1.54) is 12.8 Å². The van der Waals surface area contributed by atoms with Crippen molar-refractivity contribution in [2.45, 2.75) is 33.1 Å². The Labute approximate surface area is 121 Å². The Bertz CT molecular complexity index is 448. The van der Waals surface area contributed by atoms with Crippen LogP contribution < -0.4 is 5.32 Å². The largest absolute Gasteiger partial charge is 0.326 e. The molecule has 1 rings (SSSR count). The van der Waals surface area contributed by atoms with E-state index in [9.17, 15) is 4.79 Å². The van der Waals surface area contributed by atoms with Crippen molar-refractivity contribution in [3.63, 3.8) is 0 Å². The van der Waals surface area contributed by atoms with Gasteiger partial charge < -0.3 is 10.2 Å². The van der Waals surface area contributed by atoms with Gasteiger partial charge in [0.1, 0.15) is 0 Å².